The summed E-state index contributed by atoms with van der Waals surface area (Å²) in [7, 11) is 1.10. The maximum Gasteiger partial charge on any atom is 0.416 e. The molecule has 0 atom stereocenters. The lowest BCUT2D eigenvalue weighted by Gasteiger charge is -2.08. The highest BCUT2D eigenvalue weighted by atomic mass is 19.4. The molecule has 20 heavy (non-hydrogen) atoms. The Hall–Kier alpha value is -2.51. The van der Waals surface area contributed by atoms with Gasteiger partial charge in [0, 0.05) is 5.56 Å². The number of aromatic amines is 2. The molecule has 1 aromatic heterocycles. The average Bonchev–Trinajstić information content (AvgIpc) is 2.79. The number of carbonyl (C=O) groups is 1. The van der Waals surface area contributed by atoms with Crippen molar-refractivity contribution in [3.63, 3.8) is 0 Å². The lowest BCUT2D eigenvalue weighted by atomic mass is 10.1. The van der Waals surface area contributed by atoms with Crippen molar-refractivity contribution >= 4 is 5.97 Å². The zero-order chi connectivity index (χ0) is 14.9. The summed E-state index contributed by atoms with van der Waals surface area (Å²) in [5, 5.41) is 0. The highest BCUT2D eigenvalue weighted by molar-refractivity contribution is 5.94. The molecule has 0 aliphatic heterocycles. The van der Waals surface area contributed by atoms with Gasteiger partial charge in [-0.2, -0.15) is 13.2 Å². The van der Waals surface area contributed by atoms with Gasteiger partial charge in [0.15, 0.2) is 5.69 Å². The number of benzene rings is 1. The predicted molar refractivity (Wildman–Crippen MR) is 63.2 cm³/mol. The van der Waals surface area contributed by atoms with Gasteiger partial charge in [-0.1, -0.05) is 12.1 Å². The quantitative estimate of drug-likeness (QED) is 0.831. The van der Waals surface area contributed by atoms with E-state index in [9.17, 15) is 22.8 Å². The minimum Gasteiger partial charge on any atom is -0.464 e. The molecule has 106 valence electrons. The van der Waals surface area contributed by atoms with Gasteiger partial charge in [-0.25, -0.2) is 9.59 Å². The van der Waals surface area contributed by atoms with Gasteiger partial charge in [-0.3, -0.25) is 4.98 Å². The van der Waals surface area contributed by atoms with Crippen LogP contribution in [0.25, 0.3) is 11.3 Å². The highest BCUT2D eigenvalue weighted by Crippen LogP contribution is 2.32. The van der Waals surface area contributed by atoms with Gasteiger partial charge in [0.25, 0.3) is 0 Å². The monoisotopic (exact) mass is 286 g/mol. The second-order valence-corrected chi connectivity index (χ2v) is 3.90. The van der Waals surface area contributed by atoms with Crippen molar-refractivity contribution in [3.8, 4) is 11.3 Å². The molecule has 5 nitrogen and oxygen atoms in total. The molecule has 0 bridgehead atoms. The fourth-order valence-electron chi connectivity index (χ4n) is 1.71. The van der Waals surface area contributed by atoms with Crippen LogP contribution in [0.2, 0.25) is 0 Å². The third kappa shape index (κ3) is 2.58. The van der Waals surface area contributed by atoms with Crippen LogP contribution in [0, 0.1) is 0 Å². The molecule has 0 saturated carbocycles. The Balaban J connectivity index is 2.58. The van der Waals surface area contributed by atoms with E-state index in [0.29, 0.717) is 0 Å². The van der Waals surface area contributed by atoms with E-state index in [1.54, 1.807) is 0 Å². The molecular weight excluding hydrogens is 277 g/mol. The Morgan fingerprint density at radius 3 is 2.55 bits per heavy atom. The second kappa shape index (κ2) is 4.87. The number of halogens is 3. The van der Waals surface area contributed by atoms with Gasteiger partial charge in [-0.05, 0) is 12.1 Å². The smallest absolute Gasteiger partial charge is 0.416 e. The molecule has 0 radical (unpaired) electrons. The number of rotatable bonds is 2. The van der Waals surface area contributed by atoms with Crippen LogP contribution in [-0.4, -0.2) is 23.0 Å². The zero-order valence-corrected chi connectivity index (χ0v) is 10.2. The minimum absolute atomic E-state index is 0.0482. The van der Waals surface area contributed by atoms with Crippen LogP contribution in [0.15, 0.2) is 29.1 Å². The Labute approximate surface area is 110 Å². The van der Waals surface area contributed by atoms with Crippen molar-refractivity contribution in [1.29, 1.82) is 0 Å². The third-order valence-electron chi connectivity index (χ3n) is 2.60. The van der Waals surface area contributed by atoms with Gasteiger partial charge in [0.2, 0.25) is 0 Å². The van der Waals surface area contributed by atoms with Crippen molar-refractivity contribution in [2.45, 2.75) is 6.18 Å². The molecular formula is C12H9F3N2O3. The Kier molecular flexibility index (Phi) is 3.39. The van der Waals surface area contributed by atoms with E-state index < -0.39 is 23.4 Å². The van der Waals surface area contributed by atoms with Crippen molar-refractivity contribution < 1.29 is 22.7 Å². The number of hydrogen-bond donors (Lipinski definition) is 2. The van der Waals surface area contributed by atoms with Crippen LogP contribution in [0.4, 0.5) is 13.2 Å². The first-order valence-electron chi connectivity index (χ1n) is 5.41. The number of H-pyrrole nitrogens is 2. The highest BCUT2D eigenvalue weighted by Gasteiger charge is 2.31. The summed E-state index contributed by atoms with van der Waals surface area (Å²) < 4.78 is 42.4. The fraction of sp³-hybridized carbons (Fsp3) is 0.167. The number of hydrogen-bond acceptors (Lipinski definition) is 3. The number of imidazole rings is 1. The second-order valence-electron chi connectivity index (χ2n) is 3.90. The summed E-state index contributed by atoms with van der Waals surface area (Å²) in [4.78, 5) is 27.2. The number of esters is 1. The molecule has 8 heteroatoms. The van der Waals surface area contributed by atoms with Gasteiger partial charge in [-0.15, -0.1) is 0 Å². The topological polar surface area (TPSA) is 75.0 Å². The fourth-order valence-corrected chi connectivity index (χ4v) is 1.71. The van der Waals surface area contributed by atoms with E-state index in [0.717, 1.165) is 19.2 Å². The number of carbonyl (C=O) groups excluding carboxylic acids is 1. The van der Waals surface area contributed by atoms with Gasteiger partial charge < -0.3 is 9.72 Å². The van der Waals surface area contributed by atoms with Crippen molar-refractivity contribution in [1.82, 2.24) is 9.97 Å². The Bertz CT molecular complexity index is 700. The van der Waals surface area contributed by atoms with Gasteiger partial charge in [0.1, 0.15) is 0 Å². The standard InChI is InChI=1S/C12H9F3N2O3/c1-20-10(18)9-8(16-11(19)17-9)6-3-2-4-7(5-6)12(13,14)15/h2-5H,1H3,(H2,16,17,19). The van der Waals surface area contributed by atoms with Crippen molar-refractivity contribution in [2.24, 2.45) is 0 Å². The summed E-state index contributed by atoms with van der Waals surface area (Å²) in [6, 6.07) is 4.27. The molecule has 0 spiro atoms. The average molecular weight is 286 g/mol. The third-order valence-corrected chi connectivity index (χ3v) is 2.60. The molecule has 0 amide bonds. The first-order valence-corrected chi connectivity index (χ1v) is 5.41. The van der Waals surface area contributed by atoms with E-state index in [1.807, 2.05) is 0 Å². The predicted octanol–water partition coefficient (Wildman–Crippen LogP) is 2.18. The van der Waals surface area contributed by atoms with Gasteiger partial charge >= 0.3 is 17.8 Å². The van der Waals surface area contributed by atoms with E-state index in [2.05, 4.69) is 14.7 Å². The molecule has 2 aromatic rings. The first-order chi connectivity index (χ1) is 9.32. The molecule has 0 saturated heterocycles. The van der Waals surface area contributed by atoms with E-state index in [1.165, 1.54) is 12.1 Å². The van der Waals surface area contributed by atoms with E-state index >= 15 is 0 Å². The van der Waals surface area contributed by atoms with Crippen LogP contribution >= 0.6 is 0 Å². The van der Waals surface area contributed by atoms with Crippen LogP contribution in [-0.2, 0) is 10.9 Å². The van der Waals surface area contributed by atoms with Crippen LogP contribution in [0.1, 0.15) is 16.1 Å². The number of aromatic nitrogens is 2. The van der Waals surface area contributed by atoms with E-state index in [4.69, 9.17) is 0 Å². The molecule has 0 unspecified atom stereocenters. The molecule has 0 fully saturated rings. The Morgan fingerprint density at radius 1 is 1.25 bits per heavy atom. The molecule has 1 aromatic carbocycles. The molecule has 0 aliphatic rings. The normalized spacial score (nSPS) is 11.4. The summed E-state index contributed by atoms with van der Waals surface area (Å²) in [6.45, 7) is 0. The summed E-state index contributed by atoms with van der Waals surface area (Å²) >= 11 is 0. The van der Waals surface area contributed by atoms with Crippen molar-refractivity contribution in [3.05, 3.63) is 46.0 Å². The number of methoxy groups -OCH3 is 1. The summed E-state index contributed by atoms with van der Waals surface area (Å²) in [5.41, 5.74) is -1.81. The van der Waals surface area contributed by atoms with Crippen LogP contribution < -0.4 is 5.69 Å². The van der Waals surface area contributed by atoms with Gasteiger partial charge in [0.05, 0.1) is 18.4 Å². The molecule has 2 rings (SSSR count). The minimum atomic E-state index is -4.52. The number of alkyl halides is 3. The number of nitrogens with one attached hydrogen (secondary N) is 2. The molecule has 2 N–H and O–H groups in total. The zero-order valence-electron chi connectivity index (χ0n) is 10.2. The largest absolute Gasteiger partial charge is 0.464 e. The van der Waals surface area contributed by atoms with E-state index in [-0.39, 0.29) is 17.0 Å². The summed E-state index contributed by atoms with van der Waals surface area (Å²) in [6.07, 6.45) is -4.52. The summed E-state index contributed by atoms with van der Waals surface area (Å²) in [5.74, 6) is -0.851. The maximum absolute atomic E-state index is 12.6. The SMILES string of the molecule is COC(=O)c1[nH]c(=O)[nH]c1-c1cccc(C(F)(F)F)c1. The Morgan fingerprint density at radius 2 is 1.95 bits per heavy atom. The molecule has 1 heterocycles. The van der Waals surface area contributed by atoms with Crippen LogP contribution in [0.5, 0.6) is 0 Å². The lowest BCUT2D eigenvalue weighted by Crippen LogP contribution is -2.07. The van der Waals surface area contributed by atoms with Crippen molar-refractivity contribution in [2.75, 3.05) is 7.11 Å². The first kappa shape index (κ1) is 13.9. The molecule has 0 aliphatic carbocycles. The number of ether oxygens (including phenoxy) is 1. The lowest BCUT2D eigenvalue weighted by molar-refractivity contribution is -0.137. The maximum atomic E-state index is 12.6. The van der Waals surface area contributed by atoms with Crippen LogP contribution in [0.3, 0.4) is 0 Å².